The zero-order valence-corrected chi connectivity index (χ0v) is 33.0. The van der Waals surface area contributed by atoms with Gasteiger partial charge >= 0.3 is 0 Å². The minimum Gasteiger partial charge on any atom is -0.497 e. The average Bonchev–Trinajstić information content (AvgIpc) is 3.65. The Labute approximate surface area is 332 Å². The summed E-state index contributed by atoms with van der Waals surface area (Å²) in [6.45, 7) is 5.88. The lowest BCUT2D eigenvalue weighted by Gasteiger charge is -2.41. The Hall–Kier alpha value is -5.59. The van der Waals surface area contributed by atoms with Crippen LogP contribution in [0, 0.1) is 5.92 Å². The van der Waals surface area contributed by atoms with E-state index in [1.165, 1.54) is 39.7 Å². The van der Waals surface area contributed by atoms with Crippen LogP contribution in [0.1, 0.15) is 66.1 Å². The fourth-order valence-corrected chi connectivity index (χ4v) is 9.61. The molecular weight excluding hydrogens is 719 g/mol. The molecule has 5 aromatic rings. The molecule has 1 aliphatic carbocycles. The Morgan fingerprint density at radius 3 is 2.49 bits per heavy atom. The Bertz CT molecular complexity index is 2420. The number of ether oxygens (including phenoxy) is 5. The maximum atomic E-state index is 7.09. The molecule has 12 nitrogen and oxygen atoms in total. The monoisotopic (exact) mass is 767 g/mol. The van der Waals surface area contributed by atoms with Crippen molar-refractivity contribution >= 4 is 17.0 Å². The van der Waals surface area contributed by atoms with Crippen molar-refractivity contribution in [1.82, 2.24) is 29.3 Å². The number of likely N-dealkylation sites (N-methyl/N-ethyl adjacent to an activating group) is 1. The van der Waals surface area contributed by atoms with E-state index in [9.17, 15) is 0 Å². The number of hydrogen-bond acceptors (Lipinski definition) is 11. The van der Waals surface area contributed by atoms with E-state index in [-0.39, 0.29) is 24.1 Å². The van der Waals surface area contributed by atoms with Crippen LogP contribution in [0.3, 0.4) is 0 Å². The lowest BCUT2D eigenvalue weighted by molar-refractivity contribution is 0.109. The molecule has 7 heterocycles. The quantitative estimate of drug-likeness (QED) is 0.161. The molecule has 0 radical (unpaired) electrons. The molecule has 2 unspecified atom stereocenters. The number of allylic oxidation sites excluding steroid dienone is 2. The highest BCUT2D eigenvalue weighted by atomic mass is 16.6. The number of benzene rings is 3. The minimum absolute atomic E-state index is 0.0873. The lowest BCUT2D eigenvalue weighted by atomic mass is 9.81. The number of nitrogens with two attached hydrogens (primary N) is 1. The van der Waals surface area contributed by atoms with E-state index >= 15 is 0 Å². The third-order valence-corrected chi connectivity index (χ3v) is 12.8. The molecule has 2 N–H and O–H groups in total. The van der Waals surface area contributed by atoms with Gasteiger partial charge in [0, 0.05) is 43.2 Å². The number of anilines is 1. The van der Waals surface area contributed by atoms with Gasteiger partial charge < -0.3 is 34.0 Å². The minimum atomic E-state index is -0.244. The summed E-state index contributed by atoms with van der Waals surface area (Å²) in [6, 6.07) is 15.4. The van der Waals surface area contributed by atoms with Crippen molar-refractivity contribution in [2.24, 2.45) is 5.92 Å². The number of imidazole rings is 1. The summed E-state index contributed by atoms with van der Waals surface area (Å²) < 4.78 is 34.7. The second-order valence-corrected chi connectivity index (χ2v) is 16.0. The number of unbranched alkanes of at least 4 members (excludes halogenated alkanes) is 1. The van der Waals surface area contributed by atoms with Gasteiger partial charge in [-0.15, -0.1) is 0 Å². The highest BCUT2D eigenvalue weighted by Gasteiger charge is 2.39. The number of hydrogen-bond donors (Lipinski definition) is 1. The standard InChI is InChI=1S/C45H49N7O5/c1-26-28-9-12-35(53-3)41(26)55-31-10-7-27(8-11-31)19-34-39-30(13-17-50(34)2)22-38(54-4)42-43(39)57-37-23-32-29(21-36(37)56-42)14-18-51(33(32)20-28)15-5-6-16-52-25-49-40-44(46)47-24-48-45(40)52/h7-12,21-26,33-34,41H,5-6,13-20H2,1-4H3,(H2,46,47,48)/t26?,33-,34-,41?/m0/s1. The third-order valence-electron chi connectivity index (χ3n) is 12.8. The van der Waals surface area contributed by atoms with Gasteiger partial charge in [-0.05, 0) is 111 Å². The fraction of sp³-hybridized carbons (Fsp3) is 0.400. The van der Waals surface area contributed by atoms with Crippen molar-refractivity contribution in [3.63, 3.8) is 0 Å². The molecule has 3 aromatic carbocycles. The molecule has 4 atom stereocenters. The van der Waals surface area contributed by atoms with Crippen molar-refractivity contribution in [1.29, 1.82) is 0 Å². The average molecular weight is 768 g/mol. The van der Waals surface area contributed by atoms with Crippen LogP contribution in [-0.4, -0.2) is 76.3 Å². The summed E-state index contributed by atoms with van der Waals surface area (Å²) in [5.41, 5.74) is 15.0. The van der Waals surface area contributed by atoms with Gasteiger partial charge in [0.1, 0.15) is 23.4 Å². The molecule has 0 saturated carbocycles. The van der Waals surface area contributed by atoms with Crippen molar-refractivity contribution in [3.05, 3.63) is 106 Å². The number of rotatable bonds is 7. The molecule has 0 amide bonds. The molecule has 12 heteroatoms. The van der Waals surface area contributed by atoms with Gasteiger partial charge in [-0.25, -0.2) is 15.0 Å². The largest absolute Gasteiger partial charge is 0.497 e. The highest BCUT2D eigenvalue weighted by molar-refractivity contribution is 5.81. The number of aryl methyl sites for hydroxylation is 1. The number of aromatic nitrogens is 4. The molecule has 0 saturated heterocycles. The van der Waals surface area contributed by atoms with E-state index in [4.69, 9.17) is 29.4 Å². The Morgan fingerprint density at radius 2 is 1.65 bits per heavy atom. The van der Waals surface area contributed by atoms with Gasteiger partial charge in [-0.1, -0.05) is 30.7 Å². The van der Waals surface area contributed by atoms with Crippen molar-refractivity contribution in [3.8, 4) is 34.5 Å². The zero-order chi connectivity index (χ0) is 38.8. The van der Waals surface area contributed by atoms with Gasteiger partial charge in [0.05, 0.1) is 20.5 Å². The predicted molar refractivity (Wildman–Crippen MR) is 217 cm³/mol. The Kier molecular flexibility index (Phi) is 9.05. The molecule has 57 heavy (non-hydrogen) atoms. The molecular formula is C45H49N7O5. The molecule has 0 spiro atoms. The van der Waals surface area contributed by atoms with Crippen LogP contribution in [0.2, 0.25) is 0 Å². The molecule has 7 bridgehead atoms. The van der Waals surface area contributed by atoms with Crippen LogP contribution in [0.25, 0.3) is 11.2 Å². The summed E-state index contributed by atoms with van der Waals surface area (Å²) in [5, 5.41) is 0. The van der Waals surface area contributed by atoms with Crippen LogP contribution in [-0.2, 0) is 30.5 Å². The fourth-order valence-electron chi connectivity index (χ4n) is 9.61. The third kappa shape index (κ3) is 6.26. The van der Waals surface area contributed by atoms with Crippen LogP contribution in [0.4, 0.5) is 5.82 Å². The smallest absolute Gasteiger partial charge is 0.212 e. The second-order valence-electron chi connectivity index (χ2n) is 16.0. The number of fused-ring (bicyclic) bond motifs is 3. The molecule has 6 aliphatic rings. The van der Waals surface area contributed by atoms with Crippen LogP contribution >= 0.6 is 0 Å². The normalized spacial score (nSPS) is 22.5. The molecule has 0 fully saturated rings. The van der Waals surface area contributed by atoms with E-state index in [2.05, 4.69) is 97.9 Å². The van der Waals surface area contributed by atoms with Crippen LogP contribution < -0.4 is 24.7 Å². The van der Waals surface area contributed by atoms with E-state index in [0.717, 1.165) is 99.1 Å². The molecule has 294 valence electrons. The van der Waals surface area contributed by atoms with Gasteiger partial charge in [0.15, 0.2) is 40.6 Å². The molecule has 11 rings (SSSR count). The first kappa shape index (κ1) is 35.8. The lowest BCUT2D eigenvalue weighted by Crippen LogP contribution is -2.38. The van der Waals surface area contributed by atoms with E-state index in [1.54, 1.807) is 14.2 Å². The van der Waals surface area contributed by atoms with E-state index in [1.807, 2.05) is 6.33 Å². The Morgan fingerprint density at radius 1 is 0.842 bits per heavy atom. The second kappa shape index (κ2) is 14.4. The summed E-state index contributed by atoms with van der Waals surface area (Å²) in [5.74, 6) is 5.79. The predicted octanol–water partition coefficient (Wildman–Crippen LogP) is 7.72. The summed E-state index contributed by atoms with van der Waals surface area (Å²) >= 11 is 0. The van der Waals surface area contributed by atoms with Gasteiger partial charge in [0.2, 0.25) is 5.75 Å². The summed E-state index contributed by atoms with van der Waals surface area (Å²) in [7, 11) is 5.66. The maximum Gasteiger partial charge on any atom is 0.212 e. The first-order valence-electron chi connectivity index (χ1n) is 20.2. The SMILES string of the molecule is COC1=CC=C2C[C@H]3c4cc5c(cc4CCN3CCCCn3cnc4c(N)ncnc43)Oc3c(OC)cc4c(c3O5)[C@H](Cc3ccc(cc3)OC1C2C)N(C)CC4. The summed E-state index contributed by atoms with van der Waals surface area (Å²) in [6.07, 6.45) is 12.9. The van der Waals surface area contributed by atoms with E-state index in [0.29, 0.717) is 22.8 Å². The van der Waals surface area contributed by atoms with Gasteiger partial charge in [-0.2, -0.15) is 0 Å². The topological polar surface area (TPSA) is 122 Å². The van der Waals surface area contributed by atoms with Crippen LogP contribution in [0.15, 0.2) is 78.6 Å². The zero-order valence-electron chi connectivity index (χ0n) is 33.0. The maximum absolute atomic E-state index is 7.09. The van der Waals surface area contributed by atoms with Gasteiger partial charge in [-0.3, -0.25) is 9.80 Å². The number of methoxy groups -OCH3 is 2. The molecule has 2 aromatic heterocycles. The molecule has 5 aliphatic heterocycles. The Balaban J connectivity index is 1.04. The van der Waals surface area contributed by atoms with Crippen molar-refractivity contribution in [2.75, 3.05) is 46.6 Å². The highest BCUT2D eigenvalue weighted by Crippen LogP contribution is 2.57. The first-order valence-corrected chi connectivity index (χ1v) is 20.2. The summed E-state index contributed by atoms with van der Waals surface area (Å²) in [4.78, 5) is 18.1. The first-order chi connectivity index (χ1) is 27.9. The number of nitrogen functional groups attached to an aromatic ring is 1. The van der Waals surface area contributed by atoms with Crippen molar-refractivity contribution in [2.45, 2.75) is 70.2 Å². The van der Waals surface area contributed by atoms with Crippen molar-refractivity contribution < 1.29 is 23.7 Å². The number of nitrogens with zero attached hydrogens (tertiary/aromatic N) is 6. The van der Waals surface area contributed by atoms with Gasteiger partial charge in [0.25, 0.3) is 0 Å². The van der Waals surface area contributed by atoms with E-state index < -0.39 is 0 Å². The van der Waals surface area contributed by atoms with Crippen LogP contribution in [0.5, 0.6) is 34.5 Å².